The Bertz CT molecular complexity index is 484. The maximum absolute atomic E-state index is 12.1. The van der Waals surface area contributed by atoms with Crippen molar-refractivity contribution in [3.63, 3.8) is 0 Å². The van der Waals surface area contributed by atoms with Crippen LogP contribution in [0.25, 0.3) is 0 Å². The van der Waals surface area contributed by atoms with Gasteiger partial charge in [0.15, 0.2) is 0 Å². The van der Waals surface area contributed by atoms with Crippen molar-refractivity contribution in [1.29, 1.82) is 0 Å². The van der Waals surface area contributed by atoms with E-state index in [-0.39, 0.29) is 18.7 Å². The number of ketones is 1. The largest absolute Gasteiger partial charge is 0.481 e. The Labute approximate surface area is 112 Å². The van der Waals surface area contributed by atoms with E-state index in [2.05, 4.69) is 0 Å². The first kappa shape index (κ1) is 13.7. The van der Waals surface area contributed by atoms with Crippen LogP contribution in [0.15, 0.2) is 24.3 Å². The van der Waals surface area contributed by atoms with Crippen molar-refractivity contribution in [2.45, 2.75) is 25.7 Å². The van der Waals surface area contributed by atoms with Gasteiger partial charge in [0.05, 0.1) is 5.92 Å². The van der Waals surface area contributed by atoms with Crippen molar-refractivity contribution >= 4 is 11.8 Å². The van der Waals surface area contributed by atoms with Crippen molar-refractivity contribution in [1.82, 2.24) is 0 Å². The zero-order valence-corrected chi connectivity index (χ0v) is 10.8. The van der Waals surface area contributed by atoms with Crippen LogP contribution in [0.5, 0.6) is 0 Å². The lowest BCUT2D eigenvalue weighted by molar-refractivity contribution is -0.146. The lowest BCUT2D eigenvalue weighted by Gasteiger charge is -2.20. The van der Waals surface area contributed by atoms with E-state index in [0.29, 0.717) is 12.8 Å². The topological polar surface area (TPSA) is 80.4 Å². The molecular weight excluding hydrogens is 242 g/mol. The Morgan fingerprint density at radius 1 is 1.21 bits per heavy atom. The van der Waals surface area contributed by atoms with Crippen LogP contribution in [0, 0.1) is 11.8 Å². The summed E-state index contributed by atoms with van der Waals surface area (Å²) in [4.78, 5) is 23.5. The highest BCUT2D eigenvalue weighted by Gasteiger charge is 2.35. The standard InChI is InChI=1S/C15H19NO3/c16-8-7-14(17)12-6-5-10-3-1-2-4-11(10)9-13(12)15(18)19/h1-4,12-13H,5-9,16H2,(H,18,19). The fourth-order valence-corrected chi connectivity index (χ4v) is 2.86. The molecule has 0 saturated heterocycles. The number of carbonyl (C=O) groups excluding carboxylic acids is 1. The van der Waals surface area contributed by atoms with E-state index < -0.39 is 17.8 Å². The molecule has 0 bridgehead atoms. The van der Waals surface area contributed by atoms with E-state index in [1.165, 1.54) is 0 Å². The summed E-state index contributed by atoms with van der Waals surface area (Å²) in [5.41, 5.74) is 7.63. The van der Waals surface area contributed by atoms with Crippen LogP contribution in [0.2, 0.25) is 0 Å². The second kappa shape index (κ2) is 5.97. The van der Waals surface area contributed by atoms with E-state index in [4.69, 9.17) is 5.73 Å². The summed E-state index contributed by atoms with van der Waals surface area (Å²) >= 11 is 0. The van der Waals surface area contributed by atoms with Gasteiger partial charge in [0.1, 0.15) is 5.78 Å². The van der Waals surface area contributed by atoms with Gasteiger partial charge in [-0.1, -0.05) is 24.3 Å². The summed E-state index contributed by atoms with van der Waals surface area (Å²) in [6.07, 6.45) is 2.07. The van der Waals surface area contributed by atoms with E-state index in [9.17, 15) is 14.7 Å². The highest BCUT2D eigenvalue weighted by molar-refractivity contribution is 5.86. The van der Waals surface area contributed by atoms with Gasteiger partial charge in [-0.05, 0) is 36.9 Å². The Morgan fingerprint density at radius 3 is 2.53 bits per heavy atom. The van der Waals surface area contributed by atoms with Gasteiger partial charge in [0.25, 0.3) is 0 Å². The van der Waals surface area contributed by atoms with E-state index in [1.54, 1.807) is 0 Å². The van der Waals surface area contributed by atoms with Gasteiger partial charge >= 0.3 is 5.97 Å². The second-order valence-electron chi connectivity index (χ2n) is 5.07. The van der Waals surface area contributed by atoms with Gasteiger partial charge in [-0.15, -0.1) is 0 Å². The highest BCUT2D eigenvalue weighted by Crippen LogP contribution is 2.30. The number of benzene rings is 1. The lowest BCUT2D eigenvalue weighted by Crippen LogP contribution is -2.31. The molecule has 0 spiro atoms. The molecule has 0 amide bonds. The molecule has 3 N–H and O–H groups in total. The smallest absolute Gasteiger partial charge is 0.307 e. The molecule has 0 aromatic heterocycles. The van der Waals surface area contributed by atoms with Crippen molar-refractivity contribution in [2.75, 3.05) is 6.54 Å². The number of aryl methyl sites for hydroxylation is 1. The summed E-state index contributed by atoms with van der Waals surface area (Å²) in [5.74, 6) is -1.93. The zero-order chi connectivity index (χ0) is 13.8. The molecule has 1 aliphatic rings. The maximum atomic E-state index is 12.1. The third kappa shape index (κ3) is 3.01. The average molecular weight is 261 g/mol. The minimum Gasteiger partial charge on any atom is -0.481 e. The van der Waals surface area contributed by atoms with Gasteiger partial charge < -0.3 is 10.8 Å². The lowest BCUT2D eigenvalue weighted by atomic mass is 9.83. The number of hydrogen-bond donors (Lipinski definition) is 2. The first-order valence-corrected chi connectivity index (χ1v) is 6.66. The van der Waals surface area contributed by atoms with Crippen molar-refractivity contribution < 1.29 is 14.7 Å². The van der Waals surface area contributed by atoms with Crippen LogP contribution < -0.4 is 5.73 Å². The molecule has 102 valence electrons. The molecule has 2 atom stereocenters. The zero-order valence-electron chi connectivity index (χ0n) is 10.8. The van der Waals surface area contributed by atoms with Gasteiger partial charge in [-0.25, -0.2) is 0 Å². The minimum atomic E-state index is -0.882. The van der Waals surface area contributed by atoms with Gasteiger partial charge in [-0.2, -0.15) is 0 Å². The number of hydrogen-bond acceptors (Lipinski definition) is 3. The molecule has 1 aliphatic carbocycles. The minimum absolute atomic E-state index is 0.0114. The average Bonchev–Trinajstić information content (AvgIpc) is 2.58. The fourth-order valence-electron chi connectivity index (χ4n) is 2.86. The maximum Gasteiger partial charge on any atom is 0.307 e. The molecule has 0 aliphatic heterocycles. The molecule has 1 aromatic rings. The molecule has 1 aromatic carbocycles. The SMILES string of the molecule is NCCC(=O)C1CCc2ccccc2CC1C(=O)O. The molecule has 0 saturated carbocycles. The van der Waals surface area contributed by atoms with Gasteiger partial charge in [0, 0.05) is 12.3 Å². The normalized spacial score (nSPS) is 22.4. The van der Waals surface area contributed by atoms with Crippen molar-refractivity contribution in [2.24, 2.45) is 17.6 Å². The molecule has 19 heavy (non-hydrogen) atoms. The van der Waals surface area contributed by atoms with Gasteiger partial charge in [-0.3, -0.25) is 9.59 Å². The molecule has 0 heterocycles. The van der Waals surface area contributed by atoms with E-state index >= 15 is 0 Å². The number of Topliss-reactive ketones (excluding diaryl/α,β-unsaturated/α-hetero) is 1. The third-order valence-electron chi connectivity index (χ3n) is 3.89. The highest BCUT2D eigenvalue weighted by atomic mass is 16.4. The number of fused-ring (bicyclic) bond motifs is 1. The molecule has 4 nitrogen and oxygen atoms in total. The summed E-state index contributed by atoms with van der Waals surface area (Å²) < 4.78 is 0. The number of nitrogens with two attached hydrogens (primary N) is 1. The van der Waals surface area contributed by atoms with E-state index in [1.807, 2.05) is 24.3 Å². The summed E-state index contributed by atoms with van der Waals surface area (Å²) in [7, 11) is 0. The van der Waals surface area contributed by atoms with Crippen LogP contribution in [-0.4, -0.2) is 23.4 Å². The molecule has 2 rings (SSSR count). The van der Waals surface area contributed by atoms with Crippen LogP contribution in [0.4, 0.5) is 0 Å². The fraction of sp³-hybridized carbons (Fsp3) is 0.467. The second-order valence-corrected chi connectivity index (χ2v) is 5.07. The quantitative estimate of drug-likeness (QED) is 0.803. The Hall–Kier alpha value is -1.68. The third-order valence-corrected chi connectivity index (χ3v) is 3.89. The number of carbonyl (C=O) groups is 2. The van der Waals surface area contributed by atoms with Crippen LogP contribution >= 0.6 is 0 Å². The Kier molecular flexibility index (Phi) is 4.32. The Morgan fingerprint density at radius 2 is 1.89 bits per heavy atom. The number of carboxylic acid groups (broad SMARTS) is 1. The van der Waals surface area contributed by atoms with E-state index in [0.717, 1.165) is 17.5 Å². The van der Waals surface area contributed by atoms with Crippen LogP contribution in [0.1, 0.15) is 24.0 Å². The summed E-state index contributed by atoms with van der Waals surface area (Å²) in [5, 5.41) is 9.39. The Balaban J connectivity index is 2.27. The van der Waals surface area contributed by atoms with Crippen LogP contribution in [-0.2, 0) is 22.4 Å². The number of rotatable bonds is 4. The summed E-state index contributed by atoms with van der Waals surface area (Å²) in [6.45, 7) is 0.286. The van der Waals surface area contributed by atoms with Crippen molar-refractivity contribution in [3.8, 4) is 0 Å². The molecule has 0 fully saturated rings. The number of carboxylic acids is 1. The first-order chi connectivity index (χ1) is 9.13. The van der Waals surface area contributed by atoms with Gasteiger partial charge in [0.2, 0.25) is 0 Å². The monoisotopic (exact) mass is 261 g/mol. The van der Waals surface area contributed by atoms with Crippen molar-refractivity contribution in [3.05, 3.63) is 35.4 Å². The molecule has 4 heteroatoms. The predicted octanol–water partition coefficient (Wildman–Crippen LogP) is 1.41. The first-order valence-electron chi connectivity index (χ1n) is 6.66. The molecule has 2 unspecified atom stereocenters. The predicted molar refractivity (Wildman–Crippen MR) is 71.8 cm³/mol. The van der Waals surface area contributed by atoms with Crippen LogP contribution in [0.3, 0.4) is 0 Å². The number of aliphatic carboxylic acids is 1. The summed E-state index contributed by atoms with van der Waals surface area (Å²) in [6, 6.07) is 7.85. The molecular formula is C15H19NO3. The molecule has 0 radical (unpaired) electrons.